The van der Waals surface area contributed by atoms with E-state index in [9.17, 15) is 0 Å². The molecule has 0 aliphatic carbocycles. The van der Waals surface area contributed by atoms with Crippen molar-refractivity contribution in [1.29, 1.82) is 0 Å². The SMILES string of the molecule is CC[C@@H](CCO)OCc1ccc(Br)cc1. The third-order valence-corrected chi connectivity index (χ3v) is 2.83. The van der Waals surface area contributed by atoms with Gasteiger partial charge in [-0.25, -0.2) is 0 Å². The van der Waals surface area contributed by atoms with Crippen LogP contribution in [-0.2, 0) is 11.3 Å². The molecule has 3 heteroatoms. The smallest absolute Gasteiger partial charge is 0.0720 e. The minimum atomic E-state index is 0.165. The Bertz CT molecular complexity index is 271. The van der Waals surface area contributed by atoms with Gasteiger partial charge in [-0.15, -0.1) is 0 Å². The number of hydrogen-bond donors (Lipinski definition) is 1. The Morgan fingerprint density at radius 2 is 2.00 bits per heavy atom. The fraction of sp³-hybridized carbons (Fsp3) is 0.500. The van der Waals surface area contributed by atoms with E-state index in [1.165, 1.54) is 0 Å². The molecule has 0 saturated heterocycles. The minimum absolute atomic E-state index is 0.165. The van der Waals surface area contributed by atoms with Gasteiger partial charge >= 0.3 is 0 Å². The maximum absolute atomic E-state index is 8.82. The highest BCUT2D eigenvalue weighted by atomic mass is 79.9. The van der Waals surface area contributed by atoms with E-state index in [-0.39, 0.29) is 12.7 Å². The van der Waals surface area contributed by atoms with Crippen molar-refractivity contribution in [2.24, 2.45) is 0 Å². The van der Waals surface area contributed by atoms with Crippen LogP contribution >= 0.6 is 15.9 Å². The monoisotopic (exact) mass is 272 g/mol. The number of hydrogen-bond acceptors (Lipinski definition) is 2. The molecule has 0 bridgehead atoms. The van der Waals surface area contributed by atoms with E-state index in [0.717, 1.165) is 16.5 Å². The molecule has 2 nitrogen and oxygen atoms in total. The summed E-state index contributed by atoms with van der Waals surface area (Å²) in [4.78, 5) is 0. The van der Waals surface area contributed by atoms with Crippen molar-refractivity contribution >= 4 is 15.9 Å². The molecule has 0 saturated carbocycles. The molecule has 84 valence electrons. The normalized spacial score (nSPS) is 12.7. The van der Waals surface area contributed by atoms with Crippen molar-refractivity contribution in [2.75, 3.05) is 6.61 Å². The molecular formula is C12H17BrO2. The Morgan fingerprint density at radius 1 is 1.33 bits per heavy atom. The first kappa shape index (κ1) is 12.7. The van der Waals surface area contributed by atoms with Crippen LogP contribution in [0.15, 0.2) is 28.7 Å². The van der Waals surface area contributed by atoms with Crippen LogP contribution in [0.3, 0.4) is 0 Å². The first-order valence-corrected chi connectivity index (χ1v) is 6.02. The zero-order valence-electron chi connectivity index (χ0n) is 8.95. The second-order valence-electron chi connectivity index (χ2n) is 3.48. The summed E-state index contributed by atoms with van der Waals surface area (Å²) in [5.74, 6) is 0. The molecule has 0 fully saturated rings. The van der Waals surface area contributed by atoms with Crippen LogP contribution in [0.4, 0.5) is 0 Å². The summed E-state index contributed by atoms with van der Waals surface area (Å²) in [5.41, 5.74) is 1.16. The second kappa shape index (κ2) is 6.99. The van der Waals surface area contributed by atoms with Crippen LogP contribution < -0.4 is 0 Å². The van der Waals surface area contributed by atoms with Gasteiger partial charge in [0.1, 0.15) is 0 Å². The standard InChI is InChI=1S/C12H17BrO2/c1-2-12(7-8-14)15-9-10-3-5-11(13)6-4-10/h3-6,12,14H,2,7-9H2,1H3/t12-/m0/s1. The predicted molar refractivity (Wildman–Crippen MR) is 64.7 cm³/mol. The number of ether oxygens (including phenoxy) is 1. The van der Waals surface area contributed by atoms with E-state index >= 15 is 0 Å². The van der Waals surface area contributed by atoms with Gasteiger partial charge in [-0.2, -0.15) is 0 Å². The van der Waals surface area contributed by atoms with Crippen LogP contribution in [0.5, 0.6) is 0 Å². The van der Waals surface area contributed by atoms with Gasteiger partial charge in [0.2, 0.25) is 0 Å². The van der Waals surface area contributed by atoms with Crippen molar-refractivity contribution in [3.8, 4) is 0 Å². The lowest BCUT2D eigenvalue weighted by Crippen LogP contribution is -2.13. The summed E-state index contributed by atoms with van der Waals surface area (Å²) in [6.07, 6.45) is 1.82. The number of rotatable bonds is 6. The zero-order chi connectivity index (χ0) is 11.1. The van der Waals surface area contributed by atoms with Gasteiger partial charge in [0.25, 0.3) is 0 Å². The van der Waals surface area contributed by atoms with Crippen molar-refractivity contribution in [3.05, 3.63) is 34.3 Å². The molecule has 1 aromatic rings. The summed E-state index contributed by atoms with van der Waals surface area (Å²) < 4.78 is 6.76. The van der Waals surface area contributed by atoms with Crippen molar-refractivity contribution < 1.29 is 9.84 Å². The van der Waals surface area contributed by atoms with Crippen molar-refractivity contribution in [1.82, 2.24) is 0 Å². The fourth-order valence-electron chi connectivity index (χ4n) is 1.34. The van der Waals surface area contributed by atoms with Gasteiger partial charge in [-0.1, -0.05) is 35.0 Å². The molecule has 1 aromatic carbocycles. The fourth-order valence-corrected chi connectivity index (χ4v) is 1.61. The van der Waals surface area contributed by atoms with Crippen LogP contribution in [0.1, 0.15) is 25.3 Å². The van der Waals surface area contributed by atoms with E-state index in [2.05, 4.69) is 22.9 Å². The highest BCUT2D eigenvalue weighted by Gasteiger charge is 2.05. The van der Waals surface area contributed by atoms with Gasteiger partial charge in [0, 0.05) is 11.1 Å². The van der Waals surface area contributed by atoms with Gasteiger partial charge in [-0.05, 0) is 30.5 Å². The summed E-state index contributed by atoms with van der Waals surface area (Å²) in [7, 11) is 0. The van der Waals surface area contributed by atoms with Crippen LogP contribution in [0.2, 0.25) is 0 Å². The predicted octanol–water partition coefficient (Wildman–Crippen LogP) is 3.13. The minimum Gasteiger partial charge on any atom is -0.396 e. The molecule has 1 rings (SSSR count). The van der Waals surface area contributed by atoms with E-state index in [1.807, 2.05) is 24.3 Å². The van der Waals surface area contributed by atoms with Crippen molar-refractivity contribution in [3.63, 3.8) is 0 Å². The second-order valence-corrected chi connectivity index (χ2v) is 4.40. The molecule has 0 heterocycles. The van der Waals surface area contributed by atoms with Crippen molar-refractivity contribution in [2.45, 2.75) is 32.5 Å². The summed E-state index contributed by atoms with van der Waals surface area (Å²) in [6.45, 7) is 2.88. The average Bonchev–Trinajstić information content (AvgIpc) is 2.26. The average molecular weight is 273 g/mol. The first-order chi connectivity index (χ1) is 7.26. The Morgan fingerprint density at radius 3 is 2.53 bits per heavy atom. The third kappa shape index (κ3) is 4.78. The molecule has 0 aliphatic heterocycles. The number of halogens is 1. The van der Waals surface area contributed by atoms with Crippen LogP contribution in [-0.4, -0.2) is 17.8 Å². The van der Waals surface area contributed by atoms with Gasteiger partial charge < -0.3 is 9.84 Å². The number of aliphatic hydroxyl groups excluding tert-OH is 1. The Balaban J connectivity index is 2.38. The lowest BCUT2D eigenvalue weighted by molar-refractivity contribution is 0.0220. The largest absolute Gasteiger partial charge is 0.396 e. The maximum Gasteiger partial charge on any atom is 0.0720 e. The molecule has 0 aliphatic rings. The molecule has 0 spiro atoms. The Kier molecular flexibility index (Phi) is 5.91. The van der Waals surface area contributed by atoms with E-state index < -0.39 is 0 Å². The maximum atomic E-state index is 8.82. The summed E-state index contributed by atoms with van der Waals surface area (Å²) >= 11 is 3.39. The molecule has 0 aromatic heterocycles. The van der Waals surface area contributed by atoms with E-state index in [0.29, 0.717) is 13.0 Å². The first-order valence-electron chi connectivity index (χ1n) is 5.23. The number of aliphatic hydroxyl groups is 1. The molecule has 1 N–H and O–H groups in total. The highest BCUT2D eigenvalue weighted by Crippen LogP contribution is 2.13. The third-order valence-electron chi connectivity index (χ3n) is 2.31. The Hall–Kier alpha value is -0.380. The van der Waals surface area contributed by atoms with E-state index in [1.54, 1.807) is 0 Å². The zero-order valence-corrected chi connectivity index (χ0v) is 10.5. The van der Waals surface area contributed by atoms with Gasteiger partial charge in [-0.3, -0.25) is 0 Å². The quantitative estimate of drug-likeness (QED) is 0.862. The summed E-state index contributed by atoms with van der Waals surface area (Å²) in [6, 6.07) is 8.09. The van der Waals surface area contributed by atoms with Gasteiger partial charge in [0.05, 0.1) is 12.7 Å². The molecule has 15 heavy (non-hydrogen) atoms. The molecule has 0 amide bonds. The lowest BCUT2D eigenvalue weighted by atomic mass is 10.2. The van der Waals surface area contributed by atoms with E-state index in [4.69, 9.17) is 9.84 Å². The molecule has 0 radical (unpaired) electrons. The Labute approximate surface area is 99.4 Å². The molecule has 1 atom stereocenters. The van der Waals surface area contributed by atoms with Gasteiger partial charge in [0.15, 0.2) is 0 Å². The topological polar surface area (TPSA) is 29.5 Å². The molecular weight excluding hydrogens is 256 g/mol. The summed E-state index contributed by atoms with van der Waals surface area (Å²) in [5, 5.41) is 8.82. The van der Waals surface area contributed by atoms with Crippen LogP contribution in [0.25, 0.3) is 0 Å². The lowest BCUT2D eigenvalue weighted by Gasteiger charge is -2.14. The molecule has 0 unspecified atom stereocenters. The highest BCUT2D eigenvalue weighted by molar-refractivity contribution is 9.10. The van der Waals surface area contributed by atoms with Crippen LogP contribution in [0, 0.1) is 0 Å². The number of benzene rings is 1.